The van der Waals surface area contributed by atoms with Gasteiger partial charge in [-0.15, -0.1) is 5.10 Å². The number of hydrogen-bond acceptors (Lipinski definition) is 5. The molecule has 0 N–H and O–H groups in total. The Morgan fingerprint density at radius 2 is 2.10 bits per heavy atom. The van der Waals surface area contributed by atoms with E-state index in [1.54, 1.807) is 18.3 Å². The van der Waals surface area contributed by atoms with Crippen LogP contribution in [0.2, 0.25) is 10.0 Å². The average molecular weight is 310 g/mol. The molecular formula is C12H9Cl2N5O. The molecule has 0 radical (unpaired) electrons. The van der Waals surface area contributed by atoms with Crippen LogP contribution in [0.25, 0.3) is 11.1 Å². The van der Waals surface area contributed by atoms with Gasteiger partial charge >= 0.3 is 0 Å². The molecule has 102 valence electrons. The second-order valence-electron chi connectivity index (χ2n) is 4.67. The van der Waals surface area contributed by atoms with Crippen LogP contribution in [-0.2, 0) is 0 Å². The Kier molecular flexibility index (Phi) is 2.61. The van der Waals surface area contributed by atoms with Crippen molar-refractivity contribution in [2.75, 3.05) is 18.0 Å². The molecule has 3 aromatic rings. The number of oxazole rings is 1. The van der Waals surface area contributed by atoms with Crippen LogP contribution in [0.5, 0.6) is 0 Å². The van der Waals surface area contributed by atoms with Gasteiger partial charge in [-0.2, -0.15) is 4.98 Å². The molecular weight excluding hydrogens is 301 g/mol. The van der Waals surface area contributed by atoms with Gasteiger partial charge < -0.3 is 9.32 Å². The summed E-state index contributed by atoms with van der Waals surface area (Å²) in [5.41, 5.74) is 1.23. The zero-order chi connectivity index (χ0) is 13.7. The van der Waals surface area contributed by atoms with Crippen molar-refractivity contribution in [1.29, 1.82) is 0 Å². The fourth-order valence-corrected chi connectivity index (χ4v) is 2.80. The van der Waals surface area contributed by atoms with Crippen LogP contribution >= 0.6 is 23.2 Å². The molecule has 2 aromatic heterocycles. The van der Waals surface area contributed by atoms with Crippen LogP contribution in [0.4, 0.5) is 6.01 Å². The minimum absolute atomic E-state index is 0.298. The summed E-state index contributed by atoms with van der Waals surface area (Å²) >= 11 is 12.0. The fourth-order valence-electron chi connectivity index (χ4n) is 2.27. The van der Waals surface area contributed by atoms with E-state index in [2.05, 4.69) is 15.3 Å². The molecule has 0 atom stereocenters. The van der Waals surface area contributed by atoms with Gasteiger partial charge in [0.05, 0.1) is 17.3 Å². The molecule has 0 spiro atoms. The van der Waals surface area contributed by atoms with E-state index >= 15 is 0 Å². The first-order valence-corrected chi connectivity index (χ1v) is 6.82. The van der Waals surface area contributed by atoms with Gasteiger partial charge in [0.25, 0.3) is 6.01 Å². The number of halogens is 2. The predicted octanol–water partition coefficient (Wildman–Crippen LogP) is 2.79. The summed E-state index contributed by atoms with van der Waals surface area (Å²) < 4.78 is 7.54. The maximum absolute atomic E-state index is 6.09. The number of rotatable bonds is 2. The first-order chi connectivity index (χ1) is 9.70. The van der Waals surface area contributed by atoms with Crippen LogP contribution in [0, 0.1) is 0 Å². The highest BCUT2D eigenvalue weighted by atomic mass is 35.5. The van der Waals surface area contributed by atoms with Gasteiger partial charge in [0, 0.05) is 24.3 Å². The zero-order valence-corrected chi connectivity index (χ0v) is 11.7. The Morgan fingerprint density at radius 1 is 1.25 bits per heavy atom. The van der Waals surface area contributed by atoms with Crippen LogP contribution in [-0.4, -0.2) is 33.1 Å². The highest BCUT2D eigenvalue weighted by Crippen LogP contribution is 2.34. The van der Waals surface area contributed by atoms with Crippen molar-refractivity contribution in [2.24, 2.45) is 0 Å². The number of anilines is 1. The van der Waals surface area contributed by atoms with E-state index in [1.807, 2.05) is 15.8 Å². The monoisotopic (exact) mass is 309 g/mol. The molecule has 0 unspecified atom stereocenters. The number of hydrogen-bond donors (Lipinski definition) is 0. The van der Waals surface area contributed by atoms with Gasteiger partial charge in [0.15, 0.2) is 5.58 Å². The van der Waals surface area contributed by atoms with E-state index in [9.17, 15) is 0 Å². The number of benzene rings is 1. The maximum Gasteiger partial charge on any atom is 0.298 e. The highest BCUT2D eigenvalue weighted by Gasteiger charge is 2.32. The van der Waals surface area contributed by atoms with E-state index in [-0.39, 0.29) is 0 Å². The fraction of sp³-hybridized carbons (Fsp3) is 0.250. The lowest BCUT2D eigenvalue weighted by molar-refractivity contribution is 0.342. The third-order valence-corrected chi connectivity index (χ3v) is 3.85. The lowest BCUT2D eigenvalue weighted by Crippen LogP contribution is -2.48. The maximum atomic E-state index is 6.09. The lowest BCUT2D eigenvalue weighted by Gasteiger charge is -2.37. The minimum Gasteiger partial charge on any atom is -0.422 e. The normalized spacial score (nSPS) is 15.8. The zero-order valence-electron chi connectivity index (χ0n) is 10.2. The van der Waals surface area contributed by atoms with E-state index < -0.39 is 0 Å². The van der Waals surface area contributed by atoms with Crippen LogP contribution < -0.4 is 4.90 Å². The molecule has 1 saturated heterocycles. The third kappa shape index (κ3) is 1.83. The Hall–Kier alpha value is -1.79. The largest absolute Gasteiger partial charge is 0.422 e. The molecule has 8 heteroatoms. The molecule has 1 fully saturated rings. The average Bonchev–Trinajstić information content (AvgIpc) is 2.96. The standard InChI is InChI=1S/C12H9Cl2N5O/c13-7-3-9(14)11-10(4-7)16-12(20-11)18-5-8(6-18)19-2-1-15-17-19/h1-4,8H,5-6H2. The molecule has 1 aliphatic rings. The summed E-state index contributed by atoms with van der Waals surface area (Å²) in [6, 6.07) is 4.24. The van der Waals surface area contributed by atoms with Gasteiger partial charge in [0.1, 0.15) is 5.52 Å². The minimum atomic E-state index is 0.298. The van der Waals surface area contributed by atoms with Gasteiger partial charge in [-0.1, -0.05) is 28.4 Å². The Labute approximate surface area is 123 Å². The SMILES string of the molecule is Clc1cc(Cl)c2oc(N3CC(n4ccnn4)C3)nc2c1. The second-order valence-corrected chi connectivity index (χ2v) is 5.52. The van der Waals surface area contributed by atoms with Crippen molar-refractivity contribution in [2.45, 2.75) is 6.04 Å². The molecule has 20 heavy (non-hydrogen) atoms. The van der Waals surface area contributed by atoms with Crippen LogP contribution in [0.15, 0.2) is 28.9 Å². The summed E-state index contributed by atoms with van der Waals surface area (Å²) in [5.74, 6) is 0. The van der Waals surface area contributed by atoms with Gasteiger partial charge in [-0.3, -0.25) is 0 Å². The van der Waals surface area contributed by atoms with Crippen molar-refractivity contribution >= 4 is 40.3 Å². The number of nitrogens with zero attached hydrogens (tertiary/aromatic N) is 5. The second kappa shape index (κ2) is 4.36. The van der Waals surface area contributed by atoms with Crippen molar-refractivity contribution in [3.63, 3.8) is 0 Å². The van der Waals surface area contributed by atoms with Gasteiger partial charge in [0.2, 0.25) is 0 Å². The van der Waals surface area contributed by atoms with Crippen molar-refractivity contribution < 1.29 is 4.42 Å². The van der Waals surface area contributed by atoms with Crippen molar-refractivity contribution in [1.82, 2.24) is 20.0 Å². The van der Waals surface area contributed by atoms with E-state index in [0.29, 0.717) is 33.2 Å². The molecule has 4 rings (SSSR count). The quantitative estimate of drug-likeness (QED) is 0.728. The smallest absolute Gasteiger partial charge is 0.298 e. The molecule has 6 nitrogen and oxygen atoms in total. The first kappa shape index (κ1) is 12.0. The summed E-state index contributed by atoms with van der Waals surface area (Å²) in [7, 11) is 0. The molecule has 1 aliphatic heterocycles. The van der Waals surface area contributed by atoms with Crippen LogP contribution in [0.3, 0.4) is 0 Å². The van der Waals surface area contributed by atoms with E-state index in [1.165, 1.54) is 0 Å². The lowest BCUT2D eigenvalue weighted by atomic mass is 10.1. The molecule has 1 aromatic carbocycles. The van der Waals surface area contributed by atoms with Crippen molar-refractivity contribution in [3.8, 4) is 0 Å². The molecule has 0 bridgehead atoms. The van der Waals surface area contributed by atoms with E-state index in [4.69, 9.17) is 27.6 Å². The predicted molar refractivity (Wildman–Crippen MR) is 75.3 cm³/mol. The number of fused-ring (bicyclic) bond motifs is 1. The highest BCUT2D eigenvalue weighted by molar-refractivity contribution is 6.38. The molecule has 0 amide bonds. The summed E-state index contributed by atoms with van der Waals surface area (Å²) in [6.07, 6.45) is 3.52. The first-order valence-electron chi connectivity index (χ1n) is 6.07. The Balaban J connectivity index is 1.60. The summed E-state index contributed by atoms with van der Waals surface area (Å²) in [4.78, 5) is 6.44. The third-order valence-electron chi connectivity index (χ3n) is 3.35. The summed E-state index contributed by atoms with van der Waals surface area (Å²) in [6.45, 7) is 1.56. The van der Waals surface area contributed by atoms with E-state index in [0.717, 1.165) is 13.1 Å². The van der Waals surface area contributed by atoms with Gasteiger partial charge in [-0.05, 0) is 12.1 Å². The van der Waals surface area contributed by atoms with Gasteiger partial charge in [-0.25, -0.2) is 4.68 Å². The van der Waals surface area contributed by atoms with Crippen molar-refractivity contribution in [3.05, 3.63) is 34.6 Å². The molecule has 3 heterocycles. The summed E-state index contributed by atoms with van der Waals surface area (Å²) in [5, 5.41) is 8.81. The Bertz CT molecular complexity index is 764. The molecule has 0 aliphatic carbocycles. The van der Waals surface area contributed by atoms with Crippen LogP contribution in [0.1, 0.15) is 6.04 Å². The topological polar surface area (TPSA) is 60.0 Å². The Morgan fingerprint density at radius 3 is 2.85 bits per heavy atom. The molecule has 0 saturated carbocycles. The number of aromatic nitrogens is 4.